The van der Waals surface area contributed by atoms with Gasteiger partial charge in [0.25, 0.3) is 5.91 Å². The van der Waals surface area contributed by atoms with Crippen molar-refractivity contribution in [1.82, 2.24) is 14.8 Å². The number of para-hydroxylation sites is 1. The molecule has 1 fully saturated rings. The zero-order valence-electron chi connectivity index (χ0n) is 14.5. The Kier molecular flexibility index (Phi) is 5.84. The molecule has 1 saturated heterocycles. The van der Waals surface area contributed by atoms with Crippen molar-refractivity contribution >= 4 is 27.7 Å². The Balaban J connectivity index is 1.73. The van der Waals surface area contributed by atoms with Gasteiger partial charge in [-0.25, -0.2) is 13.9 Å². The second kappa shape index (κ2) is 8.30. The topological polar surface area (TPSA) is 103 Å². The van der Waals surface area contributed by atoms with Crippen LogP contribution in [0.25, 0.3) is 6.08 Å². The fourth-order valence-corrected chi connectivity index (χ4v) is 4.32. The predicted octanol–water partition coefficient (Wildman–Crippen LogP) is 1.11. The quantitative estimate of drug-likeness (QED) is 0.452. The van der Waals surface area contributed by atoms with Crippen LogP contribution in [0.3, 0.4) is 0 Å². The van der Waals surface area contributed by atoms with Crippen LogP contribution in [0.5, 0.6) is 0 Å². The number of benzene rings is 1. The smallest absolute Gasteiger partial charge is 0.267 e. The fraction of sp³-hybridized carbons (Fsp3) is 0.222. The van der Waals surface area contributed by atoms with Crippen LogP contribution in [0.1, 0.15) is 5.56 Å². The summed E-state index contributed by atoms with van der Waals surface area (Å²) < 4.78 is 26.8. The number of sulfonamides is 1. The van der Waals surface area contributed by atoms with E-state index in [1.54, 1.807) is 29.9 Å². The summed E-state index contributed by atoms with van der Waals surface area (Å²) in [6.45, 7) is 1.76. The first-order valence-corrected chi connectivity index (χ1v) is 9.82. The van der Waals surface area contributed by atoms with Crippen LogP contribution < -0.4 is 10.4 Å². The van der Waals surface area contributed by atoms with E-state index in [0.29, 0.717) is 26.2 Å². The molecule has 3 rings (SSSR count). The van der Waals surface area contributed by atoms with Gasteiger partial charge in [0.1, 0.15) is 4.90 Å². The fourth-order valence-electron chi connectivity index (χ4n) is 2.94. The molecular formula is C18H20N4O4S. The minimum absolute atomic E-state index is 0.191. The number of aromatic nitrogens is 1. The van der Waals surface area contributed by atoms with Gasteiger partial charge >= 0.3 is 0 Å². The molecule has 0 atom stereocenters. The summed E-state index contributed by atoms with van der Waals surface area (Å²) in [4.78, 5) is 17.4. The highest BCUT2D eigenvalue weighted by Gasteiger charge is 2.29. The highest BCUT2D eigenvalue weighted by Crippen LogP contribution is 2.25. The molecule has 9 heteroatoms. The molecule has 0 radical (unpaired) electrons. The third-order valence-electron chi connectivity index (χ3n) is 4.31. The van der Waals surface area contributed by atoms with Gasteiger partial charge in [-0.05, 0) is 29.8 Å². The van der Waals surface area contributed by atoms with Crippen LogP contribution in [0.15, 0.2) is 59.8 Å². The van der Waals surface area contributed by atoms with E-state index in [2.05, 4.69) is 9.88 Å². The lowest BCUT2D eigenvalue weighted by Gasteiger charge is -2.36. The van der Waals surface area contributed by atoms with Gasteiger partial charge in [-0.3, -0.25) is 15.0 Å². The molecule has 1 aliphatic rings. The predicted molar refractivity (Wildman–Crippen MR) is 101 cm³/mol. The molecule has 27 heavy (non-hydrogen) atoms. The maximum absolute atomic E-state index is 12.7. The summed E-state index contributed by atoms with van der Waals surface area (Å²) >= 11 is 0. The van der Waals surface area contributed by atoms with Crippen molar-refractivity contribution in [2.75, 3.05) is 31.1 Å². The Morgan fingerprint density at radius 1 is 1.11 bits per heavy atom. The summed E-state index contributed by atoms with van der Waals surface area (Å²) in [5.41, 5.74) is 3.27. The van der Waals surface area contributed by atoms with Gasteiger partial charge in [0.2, 0.25) is 10.0 Å². The van der Waals surface area contributed by atoms with Crippen LogP contribution in [0, 0.1) is 0 Å². The molecule has 1 aromatic carbocycles. The number of carbonyl (C=O) groups is 1. The molecule has 0 bridgehead atoms. The van der Waals surface area contributed by atoms with Crippen molar-refractivity contribution in [2.45, 2.75) is 4.90 Å². The first-order chi connectivity index (χ1) is 13.0. The molecule has 2 aromatic rings. The van der Waals surface area contributed by atoms with Crippen molar-refractivity contribution in [3.8, 4) is 0 Å². The van der Waals surface area contributed by atoms with Crippen molar-refractivity contribution in [2.24, 2.45) is 0 Å². The monoisotopic (exact) mass is 388 g/mol. The number of amides is 1. The normalized spacial score (nSPS) is 15.8. The Morgan fingerprint density at radius 3 is 2.52 bits per heavy atom. The van der Waals surface area contributed by atoms with Crippen molar-refractivity contribution in [3.63, 3.8) is 0 Å². The number of carbonyl (C=O) groups excluding carboxylic acids is 1. The van der Waals surface area contributed by atoms with Gasteiger partial charge in [-0.1, -0.05) is 18.2 Å². The zero-order chi connectivity index (χ0) is 19.3. The summed E-state index contributed by atoms with van der Waals surface area (Å²) in [6, 6.07) is 10.7. The molecule has 1 amide bonds. The average molecular weight is 388 g/mol. The number of hydrogen-bond donors (Lipinski definition) is 2. The van der Waals surface area contributed by atoms with E-state index in [1.165, 1.54) is 16.6 Å². The van der Waals surface area contributed by atoms with Gasteiger partial charge in [0.05, 0.1) is 0 Å². The SMILES string of the molecule is O=C(/C=C/c1ccccc1N1CCN(S(=O)(=O)c2cccnc2)CC1)NO. The largest absolute Gasteiger partial charge is 0.368 e. The van der Waals surface area contributed by atoms with E-state index in [1.807, 2.05) is 24.3 Å². The molecule has 0 saturated carbocycles. The van der Waals surface area contributed by atoms with E-state index in [0.717, 1.165) is 11.3 Å². The van der Waals surface area contributed by atoms with E-state index < -0.39 is 15.9 Å². The summed E-state index contributed by atoms with van der Waals surface area (Å²) in [5, 5.41) is 8.60. The highest BCUT2D eigenvalue weighted by atomic mass is 32.2. The van der Waals surface area contributed by atoms with Crippen molar-refractivity contribution in [3.05, 3.63) is 60.4 Å². The first kappa shape index (κ1) is 19.0. The second-order valence-corrected chi connectivity index (χ2v) is 7.89. The van der Waals surface area contributed by atoms with Crippen molar-refractivity contribution in [1.29, 1.82) is 0 Å². The summed E-state index contributed by atoms with van der Waals surface area (Å²) in [5.74, 6) is -0.614. The number of nitrogens with zero attached hydrogens (tertiary/aromatic N) is 3. The molecule has 0 aliphatic carbocycles. The third kappa shape index (κ3) is 4.33. The van der Waals surface area contributed by atoms with Crippen molar-refractivity contribution < 1.29 is 18.4 Å². The van der Waals surface area contributed by atoms with Crippen LogP contribution in [0.2, 0.25) is 0 Å². The minimum atomic E-state index is -3.55. The lowest BCUT2D eigenvalue weighted by Crippen LogP contribution is -2.48. The number of rotatable bonds is 5. The minimum Gasteiger partial charge on any atom is -0.368 e. The van der Waals surface area contributed by atoms with Crippen LogP contribution >= 0.6 is 0 Å². The number of piperazine rings is 1. The zero-order valence-corrected chi connectivity index (χ0v) is 15.3. The van der Waals surface area contributed by atoms with Crippen LogP contribution in [0.4, 0.5) is 5.69 Å². The van der Waals surface area contributed by atoms with Gasteiger partial charge in [0, 0.05) is 50.3 Å². The van der Waals surface area contributed by atoms with Crippen LogP contribution in [-0.2, 0) is 14.8 Å². The van der Waals surface area contributed by atoms with Gasteiger partial charge in [-0.15, -0.1) is 0 Å². The van der Waals surface area contributed by atoms with Crippen LogP contribution in [-0.4, -0.2) is 55.0 Å². The van der Waals surface area contributed by atoms with Gasteiger partial charge < -0.3 is 4.90 Å². The standard InChI is InChI=1S/C18H20N4O4S/c23-18(20-24)8-7-15-4-1-2-6-17(15)21-10-12-22(13-11-21)27(25,26)16-5-3-9-19-14-16/h1-9,14,24H,10-13H2,(H,20,23)/b8-7+. The Labute approximate surface area is 157 Å². The molecule has 0 spiro atoms. The Hall–Kier alpha value is -2.75. The van der Waals surface area contributed by atoms with E-state index in [9.17, 15) is 13.2 Å². The lowest BCUT2D eigenvalue weighted by molar-refractivity contribution is -0.124. The van der Waals surface area contributed by atoms with E-state index in [-0.39, 0.29) is 4.90 Å². The summed E-state index contributed by atoms with van der Waals surface area (Å²) in [6.07, 6.45) is 5.74. The molecule has 0 unspecified atom stereocenters. The average Bonchev–Trinajstić information content (AvgIpc) is 2.73. The number of hydroxylamine groups is 1. The third-order valence-corrected chi connectivity index (χ3v) is 6.19. The van der Waals surface area contributed by atoms with Gasteiger partial charge in [-0.2, -0.15) is 4.31 Å². The Morgan fingerprint density at radius 2 is 1.85 bits per heavy atom. The number of hydrogen-bond acceptors (Lipinski definition) is 6. The molecule has 8 nitrogen and oxygen atoms in total. The highest BCUT2D eigenvalue weighted by molar-refractivity contribution is 7.89. The maximum atomic E-state index is 12.7. The first-order valence-electron chi connectivity index (χ1n) is 8.38. The molecule has 142 valence electrons. The lowest BCUT2D eigenvalue weighted by atomic mass is 10.1. The number of pyridine rings is 1. The molecule has 2 N–H and O–H groups in total. The molecule has 1 aromatic heterocycles. The van der Waals surface area contributed by atoms with E-state index >= 15 is 0 Å². The second-order valence-electron chi connectivity index (χ2n) is 5.95. The molecular weight excluding hydrogens is 368 g/mol. The summed E-state index contributed by atoms with van der Waals surface area (Å²) in [7, 11) is -3.55. The molecule has 2 heterocycles. The number of nitrogens with one attached hydrogen (secondary N) is 1. The maximum Gasteiger partial charge on any atom is 0.267 e. The molecule has 1 aliphatic heterocycles. The Bertz CT molecular complexity index is 923. The van der Waals surface area contributed by atoms with Gasteiger partial charge in [0.15, 0.2) is 0 Å². The number of anilines is 1. The van der Waals surface area contributed by atoms with E-state index in [4.69, 9.17) is 5.21 Å².